The molecule has 1 aromatic carbocycles. The molecule has 3 unspecified atom stereocenters. The maximum Gasteiger partial charge on any atom is 0.224 e. The SMILES string of the molecule is NCC(NC(=O)C1CC1c1cccc(Cl)c1)C1CCCCC1. The van der Waals surface area contributed by atoms with Crippen LogP contribution in [0.25, 0.3) is 0 Å². The van der Waals surface area contributed by atoms with E-state index in [1.165, 1.54) is 37.7 Å². The van der Waals surface area contributed by atoms with Crippen molar-refractivity contribution in [3.05, 3.63) is 34.9 Å². The highest BCUT2D eigenvalue weighted by Crippen LogP contribution is 2.48. The summed E-state index contributed by atoms with van der Waals surface area (Å²) < 4.78 is 0. The molecule has 3 atom stereocenters. The van der Waals surface area contributed by atoms with E-state index >= 15 is 0 Å². The molecule has 3 rings (SSSR count). The third-order valence-corrected chi connectivity index (χ3v) is 5.44. The Bertz CT molecular complexity index is 528. The second kappa shape index (κ2) is 7.01. The fourth-order valence-electron chi connectivity index (χ4n) is 3.79. The van der Waals surface area contributed by atoms with E-state index in [2.05, 4.69) is 11.4 Å². The molecule has 22 heavy (non-hydrogen) atoms. The maximum atomic E-state index is 12.5. The summed E-state index contributed by atoms with van der Waals surface area (Å²) >= 11 is 6.04. The topological polar surface area (TPSA) is 55.1 Å². The first-order valence-electron chi connectivity index (χ1n) is 8.45. The van der Waals surface area contributed by atoms with Crippen LogP contribution in [-0.2, 0) is 4.79 Å². The Morgan fingerprint density at radius 3 is 2.77 bits per heavy atom. The summed E-state index contributed by atoms with van der Waals surface area (Å²) in [6.07, 6.45) is 7.18. The van der Waals surface area contributed by atoms with Crippen molar-refractivity contribution in [2.24, 2.45) is 17.6 Å². The van der Waals surface area contributed by atoms with Gasteiger partial charge in [0.05, 0.1) is 0 Å². The number of hydrogen-bond donors (Lipinski definition) is 2. The number of nitrogens with two attached hydrogens (primary N) is 1. The van der Waals surface area contributed by atoms with Gasteiger partial charge in [0.2, 0.25) is 5.91 Å². The Balaban J connectivity index is 1.56. The smallest absolute Gasteiger partial charge is 0.224 e. The highest BCUT2D eigenvalue weighted by atomic mass is 35.5. The number of hydrogen-bond acceptors (Lipinski definition) is 2. The molecule has 0 bridgehead atoms. The number of amides is 1. The molecule has 0 aliphatic heterocycles. The van der Waals surface area contributed by atoms with Gasteiger partial charge in [0, 0.05) is 23.5 Å². The van der Waals surface area contributed by atoms with E-state index in [0.29, 0.717) is 18.4 Å². The molecule has 4 heteroatoms. The van der Waals surface area contributed by atoms with Crippen molar-refractivity contribution in [1.82, 2.24) is 5.32 Å². The first kappa shape index (κ1) is 15.8. The minimum Gasteiger partial charge on any atom is -0.352 e. The van der Waals surface area contributed by atoms with Crippen LogP contribution < -0.4 is 11.1 Å². The fraction of sp³-hybridized carbons (Fsp3) is 0.611. The number of rotatable bonds is 5. The summed E-state index contributed by atoms with van der Waals surface area (Å²) in [5.41, 5.74) is 7.08. The Morgan fingerprint density at radius 1 is 1.32 bits per heavy atom. The van der Waals surface area contributed by atoms with Crippen molar-refractivity contribution in [2.75, 3.05) is 6.54 Å². The number of halogens is 1. The first-order valence-corrected chi connectivity index (χ1v) is 8.82. The number of carbonyl (C=O) groups excluding carboxylic acids is 1. The lowest BCUT2D eigenvalue weighted by atomic mass is 9.84. The van der Waals surface area contributed by atoms with Crippen LogP contribution in [0.1, 0.15) is 50.0 Å². The van der Waals surface area contributed by atoms with E-state index in [-0.39, 0.29) is 17.9 Å². The molecule has 0 radical (unpaired) electrons. The Hall–Kier alpha value is -1.06. The lowest BCUT2D eigenvalue weighted by molar-refractivity contribution is -0.123. The molecular formula is C18H25ClN2O. The second-order valence-corrected chi connectivity index (χ2v) is 7.19. The summed E-state index contributed by atoms with van der Waals surface area (Å²) in [5.74, 6) is 1.15. The molecule has 2 aliphatic rings. The van der Waals surface area contributed by atoms with Crippen molar-refractivity contribution in [3.8, 4) is 0 Å². The van der Waals surface area contributed by atoms with Gasteiger partial charge in [-0.2, -0.15) is 0 Å². The molecule has 3 N–H and O–H groups in total. The van der Waals surface area contributed by atoms with Gasteiger partial charge in [-0.15, -0.1) is 0 Å². The van der Waals surface area contributed by atoms with E-state index in [1.807, 2.05) is 18.2 Å². The lowest BCUT2D eigenvalue weighted by Crippen LogP contribution is -2.46. The molecule has 2 aliphatic carbocycles. The highest BCUT2D eigenvalue weighted by Gasteiger charge is 2.44. The summed E-state index contributed by atoms with van der Waals surface area (Å²) in [7, 11) is 0. The zero-order valence-electron chi connectivity index (χ0n) is 12.9. The summed E-state index contributed by atoms with van der Waals surface area (Å²) in [4.78, 5) is 12.5. The first-order chi connectivity index (χ1) is 10.7. The van der Waals surface area contributed by atoms with E-state index < -0.39 is 0 Å². The van der Waals surface area contributed by atoms with Gasteiger partial charge in [0.15, 0.2) is 0 Å². The number of nitrogens with one attached hydrogen (secondary N) is 1. The molecular weight excluding hydrogens is 296 g/mol. The Morgan fingerprint density at radius 2 is 2.09 bits per heavy atom. The van der Waals surface area contributed by atoms with Crippen LogP contribution in [-0.4, -0.2) is 18.5 Å². The van der Waals surface area contributed by atoms with E-state index in [1.54, 1.807) is 0 Å². The Labute approximate surface area is 137 Å². The van der Waals surface area contributed by atoms with Crippen molar-refractivity contribution >= 4 is 17.5 Å². The molecule has 120 valence electrons. The van der Waals surface area contributed by atoms with Crippen molar-refractivity contribution in [2.45, 2.75) is 50.5 Å². The molecule has 1 aromatic rings. The minimum absolute atomic E-state index is 0.0936. The second-order valence-electron chi connectivity index (χ2n) is 6.75. The molecule has 0 spiro atoms. The van der Waals surface area contributed by atoms with Crippen LogP contribution in [0.3, 0.4) is 0 Å². The van der Waals surface area contributed by atoms with Crippen molar-refractivity contribution < 1.29 is 4.79 Å². The van der Waals surface area contributed by atoms with Gasteiger partial charge in [-0.05, 0) is 48.8 Å². The van der Waals surface area contributed by atoms with Crippen LogP contribution in [0.2, 0.25) is 5.02 Å². The van der Waals surface area contributed by atoms with Crippen LogP contribution in [0.15, 0.2) is 24.3 Å². The van der Waals surface area contributed by atoms with Gasteiger partial charge < -0.3 is 11.1 Å². The van der Waals surface area contributed by atoms with Crippen LogP contribution >= 0.6 is 11.6 Å². The largest absolute Gasteiger partial charge is 0.352 e. The van der Waals surface area contributed by atoms with E-state index in [9.17, 15) is 4.79 Å². The maximum absolute atomic E-state index is 12.5. The van der Waals surface area contributed by atoms with Gasteiger partial charge >= 0.3 is 0 Å². The summed E-state index contributed by atoms with van der Waals surface area (Å²) in [6, 6.07) is 8.01. The van der Waals surface area contributed by atoms with E-state index in [4.69, 9.17) is 17.3 Å². The molecule has 0 saturated heterocycles. The van der Waals surface area contributed by atoms with Gasteiger partial charge in [-0.1, -0.05) is 43.0 Å². The predicted molar refractivity (Wildman–Crippen MR) is 89.9 cm³/mol. The lowest BCUT2D eigenvalue weighted by Gasteiger charge is -2.30. The zero-order chi connectivity index (χ0) is 15.5. The number of benzene rings is 1. The molecule has 3 nitrogen and oxygen atoms in total. The van der Waals surface area contributed by atoms with Gasteiger partial charge in [-0.25, -0.2) is 0 Å². The third-order valence-electron chi connectivity index (χ3n) is 5.20. The van der Waals surface area contributed by atoms with Crippen LogP contribution in [0.5, 0.6) is 0 Å². The quantitative estimate of drug-likeness (QED) is 0.872. The monoisotopic (exact) mass is 320 g/mol. The zero-order valence-corrected chi connectivity index (χ0v) is 13.7. The Kier molecular flexibility index (Phi) is 5.04. The van der Waals surface area contributed by atoms with Crippen molar-refractivity contribution in [1.29, 1.82) is 0 Å². The normalized spacial score (nSPS) is 26.5. The van der Waals surface area contributed by atoms with Crippen LogP contribution in [0.4, 0.5) is 0 Å². The summed E-state index contributed by atoms with van der Waals surface area (Å²) in [5, 5.41) is 3.96. The van der Waals surface area contributed by atoms with Gasteiger partial charge in [-0.3, -0.25) is 4.79 Å². The average Bonchev–Trinajstić information content (AvgIpc) is 3.34. The molecule has 2 saturated carbocycles. The minimum atomic E-state index is 0.0936. The number of carbonyl (C=O) groups is 1. The third kappa shape index (κ3) is 3.64. The van der Waals surface area contributed by atoms with Crippen LogP contribution in [0, 0.1) is 11.8 Å². The summed E-state index contributed by atoms with van der Waals surface area (Å²) in [6.45, 7) is 0.547. The molecule has 1 amide bonds. The standard InChI is InChI=1S/C18H25ClN2O/c19-14-8-4-7-13(9-14)15-10-16(15)18(22)21-17(11-20)12-5-2-1-3-6-12/h4,7-9,12,15-17H,1-3,5-6,10-11,20H2,(H,21,22). The molecule has 0 heterocycles. The highest BCUT2D eigenvalue weighted by molar-refractivity contribution is 6.30. The molecule has 0 aromatic heterocycles. The van der Waals surface area contributed by atoms with Crippen molar-refractivity contribution in [3.63, 3.8) is 0 Å². The van der Waals surface area contributed by atoms with E-state index in [0.717, 1.165) is 11.4 Å². The van der Waals surface area contributed by atoms with Gasteiger partial charge in [0.25, 0.3) is 0 Å². The molecule has 2 fully saturated rings. The van der Waals surface area contributed by atoms with Gasteiger partial charge in [0.1, 0.15) is 0 Å². The predicted octanol–water partition coefficient (Wildman–Crippen LogP) is 3.47. The fourth-order valence-corrected chi connectivity index (χ4v) is 3.98. The average molecular weight is 321 g/mol.